The number of hydrogen-bond acceptors (Lipinski definition) is 5. The van der Waals surface area contributed by atoms with Crippen LogP contribution in [-0.4, -0.2) is 46.4 Å². The number of hydrogen-bond donors (Lipinski definition) is 3. The number of ether oxygens (including phenoxy) is 2. The molecule has 100 valence electrons. The Hall–Kier alpha value is -0.850. The average Bonchev–Trinajstić information content (AvgIpc) is 2.10. The van der Waals surface area contributed by atoms with Crippen LogP contribution >= 0.6 is 0 Å². The van der Waals surface area contributed by atoms with Gasteiger partial charge in [0.1, 0.15) is 11.7 Å². The minimum Gasteiger partial charge on any atom is -0.444 e. The largest absolute Gasteiger partial charge is 0.444 e. The predicted molar refractivity (Wildman–Crippen MR) is 60.3 cm³/mol. The molecule has 1 aliphatic rings. The maximum atomic E-state index is 11.5. The van der Waals surface area contributed by atoms with E-state index in [0.717, 1.165) is 0 Å². The Bertz CT molecular complexity index is 276. The van der Waals surface area contributed by atoms with Crippen LogP contribution in [0.3, 0.4) is 0 Å². The van der Waals surface area contributed by atoms with Crippen molar-refractivity contribution in [3.8, 4) is 0 Å². The van der Waals surface area contributed by atoms with E-state index in [9.17, 15) is 15.0 Å². The third-order valence-corrected chi connectivity index (χ3v) is 2.42. The maximum Gasteiger partial charge on any atom is 0.407 e. The summed E-state index contributed by atoms with van der Waals surface area (Å²) in [7, 11) is 0. The fourth-order valence-electron chi connectivity index (χ4n) is 1.67. The summed E-state index contributed by atoms with van der Waals surface area (Å²) >= 11 is 0. The van der Waals surface area contributed by atoms with Gasteiger partial charge < -0.3 is 25.0 Å². The molecule has 0 aromatic carbocycles. The van der Waals surface area contributed by atoms with Crippen molar-refractivity contribution in [2.24, 2.45) is 0 Å². The molecule has 0 radical (unpaired) electrons. The smallest absolute Gasteiger partial charge is 0.407 e. The van der Waals surface area contributed by atoms with Gasteiger partial charge in [-0.25, -0.2) is 4.79 Å². The highest BCUT2D eigenvalue weighted by Gasteiger charge is 2.36. The van der Waals surface area contributed by atoms with E-state index in [2.05, 4.69) is 5.32 Å². The lowest BCUT2D eigenvalue weighted by Gasteiger charge is -2.36. The molecule has 0 bridgehead atoms. The zero-order chi connectivity index (χ0) is 13.2. The van der Waals surface area contributed by atoms with E-state index < -0.39 is 36.2 Å². The molecule has 1 fully saturated rings. The molecule has 1 rings (SSSR count). The molecule has 17 heavy (non-hydrogen) atoms. The van der Waals surface area contributed by atoms with Crippen molar-refractivity contribution in [1.82, 2.24) is 5.32 Å². The lowest BCUT2D eigenvalue weighted by molar-refractivity contribution is -0.201. The van der Waals surface area contributed by atoms with Crippen molar-refractivity contribution < 1.29 is 24.5 Å². The number of carbonyl (C=O) groups excluding carboxylic acids is 1. The van der Waals surface area contributed by atoms with Gasteiger partial charge in [-0.1, -0.05) is 0 Å². The maximum absolute atomic E-state index is 11.5. The van der Waals surface area contributed by atoms with Gasteiger partial charge in [0.15, 0.2) is 6.29 Å². The number of alkyl carbamates (subject to hydrolysis) is 1. The van der Waals surface area contributed by atoms with E-state index in [0.29, 0.717) is 0 Å². The molecule has 0 unspecified atom stereocenters. The normalized spacial score (nSPS) is 34.2. The fourth-order valence-corrected chi connectivity index (χ4v) is 1.67. The molecule has 6 nitrogen and oxygen atoms in total. The molecule has 0 saturated carbocycles. The van der Waals surface area contributed by atoms with E-state index in [4.69, 9.17) is 9.47 Å². The third kappa shape index (κ3) is 4.49. The Morgan fingerprint density at radius 2 is 2.00 bits per heavy atom. The molecule has 1 heterocycles. The number of amides is 1. The van der Waals surface area contributed by atoms with E-state index in [1.807, 2.05) is 0 Å². The summed E-state index contributed by atoms with van der Waals surface area (Å²) in [4.78, 5) is 11.5. The van der Waals surface area contributed by atoms with Gasteiger partial charge in [0, 0.05) is 6.42 Å². The van der Waals surface area contributed by atoms with Crippen LogP contribution in [-0.2, 0) is 9.47 Å². The van der Waals surface area contributed by atoms with E-state index >= 15 is 0 Å². The van der Waals surface area contributed by atoms with Gasteiger partial charge in [-0.15, -0.1) is 0 Å². The predicted octanol–water partition coefficient (Wildman–Crippen LogP) is 0.368. The van der Waals surface area contributed by atoms with Gasteiger partial charge in [0.05, 0.1) is 12.1 Å². The molecule has 4 atom stereocenters. The van der Waals surface area contributed by atoms with Crippen LogP contribution in [0.1, 0.15) is 34.1 Å². The Morgan fingerprint density at radius 1 is 1.41 bits per heavy atom. The molecule has 1 saturated heterocycles. The van der Waals surface area contributed by atoms with Gasteiger partial charge in [-0.2, -0.15) is 0 Å². The highest BCUT2D eigenvalue weighted by Crippen LogP contribution is 2.19. The SMILES string of the molecule is C[C@@H]1O[C@@H](O)C[C@H](NC(=O)OC(C)(C)C)[C@H]1O. The van der Waals surface area contributed by atoms with Crippen molar-refractivity contribution >= 4 is 6.09 Å². The standard InChI is InChI=1S/C11H21NO5/c1-6-9(14)7(5-8(13)16-6)12-10(15)17-11(2,3)4/h6-9,13-14H,5H2,1-4H3,(H,12,15)/t6-,7-,8+,9-/m0/s1. The molecule has 6 heteroatoms. The quantitative estimate of drug-likeness (QED) is 0.623. The number of nitrogens with one attached hydrogen (secondary N) is 1. The van der Waals surface area contributed by atoms with Crippen molar-refractivity contribution in [2.75, 3.05) is 0 Å². The zero-order valence-electron chi connectivity index (χ0n) is 10.6. The Balaban J connectivity index is 2.52. The lowest BCUT2D eigenvalue weighted by atomic mass is 10.00. The molecule has 1 amide bonds. The van der Waals surface area contributed by atoms with Crippen molar-refractivity contribution in [3.05, 3.63) is 0 Å². The summed E-state index contributed by atoms with van der Waals surface area (Å²) < 4.78 is 10.1. The van der Waals surface area contributed by atoms with Crippen molar-refractivity contribution in [3.63, 3.8) is 0 Å². The Kier molecular flexibility index (Phi) is 4.35. The van der Waals surface area contributed by atoms with Gasteiger partial charge in [0.2, 0.25) is 0 Å². The molecular weight excluding hydrogens is 226 g/mol. The van der Waals surface area contributed by atoms with Crippen LogP contribution in [0.5, 0.6) is 0 Å². The van der Waals surface area contributed by atoms with Crippen LogP contribution in [0.15, 0.2) is 0 Å². The third-order valence-electron chi connectivity index (χ3n) is 2.42. The number of aliphatic hydroxyl groups is 2. The first-order valence-electron chi connectivity index (χ1n) is 5.70. The van der Waals surface area contributed by atoms with Crippen molar-refractivity contribution in [2.45, 2.75) is 64.3 Å². The minimum atomic E-state index is -0.978. The highest BCUT2D eigenvalue weighted by molar-refractivity contribution is 5.68. The summed E-state index contributed by atoms with van der Waals surface area (Å²) in [6.07, 6.45) is -2.83. The van der Waals surface area contributed by atoms with Gasteiger partial charge in [-0.05, 0) is 27.7 Å². The second kappa shape index (κ2) is 5.20. The zero-order valence-corrected chi connectivity index (χ0v) is 10.6. The van der Waals surface area contributed by atoms with Crippen LogP contribution < -0.4 is 5.32 Å². The van der Waals surface area contributed by atoms with Crippen LogP contribution in [0.25, 0.3) is 0 Å². The van der Waals surface area contributed by atoms with Crippen LogP contribution in [0.4, 0.5) is 4.79 Å². The first kappa shape index (κ1) is 14.2. The molecule has 0 aromatic rings. The first-order valence-corrected chi connectivity index (χ1v) is 5.70. The molecule has 3 N–H and O–H groups in total. The van der Waals surface area contributed by atoms with Gasteiger partial charge >= 0.3 is 6.09 Å². The summed E-state index contributed by atoms with van der Waals surface area (Å²) in [6, 6.07) is -0.566. The molecular formula is C11H21NO5. The Labute approximate surface area is 101 Å². The fraction of sp³-hybridized carbons (Fsp3) is 0.909. The lowest BCUT2D eigenvalue weighted by Crippen LogP contribution is -2.55. The second-order valence-electron chi connectivity index (χ2n) is 5.27. The topological polar surface area (TPSA) is 88.0 Å². The van der Waals surface area contributed by atoms with E-state index in [1.165, 1.54) is 0 Å². The van der Waals surface area contributed by atoms with E-state index in [1.54, 1.807) is 27.7 Å². The Morgan fingerprint density at radius 3 is 2.53 bits per heavy atom. The van der Waals surface area contributed by atoms with Crippen molar-refractivity contribution in [1.29, 1.82) is 0 Å². The number of rotatable bonds is 1. The molecule has 0 aliphatic carbocycles. The second-order valence-corrected chi connectivity index (χ2v) is 5.27. The minimum absolute atomic E-state index is 0.144. The summed E-state index contributed by atoms with van der Waals surface area (Å²) in [5, 5.41) is 21.7. The molecule has 0 spiro atoms. The molecule has 1 aliphatic heterocycles. The summed E-state index contributed by atoms with van der Waals surface area (Å²) in [5.74, 6) is 0. The number of carbonyl (C=O) groups is 1. The van der Waals surface area contributed by atoms with E-state index in [-0.39, 0.29) is 6.42 Å². The summed E-state index contributed by atoms with van der Waals surface area (Å²) in [6.45, 7) is 6.90. The van der Waals surface area contributed by atoms with Crippen LogP contribution in [0, 0.1) is 0 Å². The first-order chi connectivity index (χ1) is 7.69. The summed E-state index contributed by atoms with van der Waals surface area (Å²) in [5.41, 5.74) is -0.593. The van der Waals surface area contributed by atoms with Crippen LogP contribution in [0.2, 0.25) is 0 Å². The van der Waals surface area contributed by atoms with Gasteiger partial charge in [-0.3, -0.25) is 0 Å². The average molecular weight is 247 g/mol. The number of aliphatic hydroxyl groups excluding tert-OH is 2. The van der Waals surface area contributed by atoms with Gasteiger partial charge in [0.25, 0.3) is 0 Å². The molecule has 0 aromatic heterocycles. The highest BCUT2D eigenvalue weighted by atomic mass is 16.6. The monoisotopic (exact) mass is 247 g/mol.